The van der Waals surface area contributed by atoms with Crippen LogP contribution in [0, 0.1) is 0 Å². The summed E-state index contributed by atoms with van der Waals surface area (Å²) in [6, 6.07) is 13.7. The Morgan fingerprint density at radius 1 is 1.18 bits per heavy atom. The Morgan fingerprint density at radius 2 is 1.91 bits per heavy atom. The van der Waals surface area contributed by atoms with Crippen LogP contribution in [0.4, 0.5) is 5.69 Å². The van der Waals surface area contributed by atoms with E-state index >= 15 is 0 Å². The maximum atomic E-state index is 14.2. The monoisotopic (exact) mass is 444 g/mol. The van der Waals surface area contributed by atoms with Crippen LogP contribution in [0.5, 0.6) is 5.75 Å². The highest BCUT2D eigenvalue weighted by Crippen LogP contribution is 2.55. The number of hydrogen-bond donors (Lipinski definition) is 1. The molecule has 2 aromatic carbocycles. The number of esters is 1. The zero-order chi connectivity index (χ0) is 23.3. The van der Waals surface area contributed by atoms with Crippen molar-refractivity contribution in [2.75, 3.05) is 18.1 Å². The van der Waals surface area contributed by atoms with Gasteiger partial charge in [-0.25, -0.2) is 9.59 Å². The highest BCUT2D eigenvalue weighted by molar-refractivity contribution is 6.19. The lowest BCUT2D eigenvalue weighted by Crippen LogP contribution is -2.51. The highest BCUT2D eigenvalue weighted by Gasteiger charge is 2.62. The molecule has 0 aliphatic carbocycles. The van der Waals surface area contributed by atoms with Crippen molar-refractivity contribution in [3.63, 3.8) is 0 Å². The van der Waals surface area contributed by atoms with Crippen molar-refractivity contribution in [3.05, 3.63) is 94.2 Å². The molecule has 0 radical (unpaired) electrons. The molecule has 0 bridgehead atoms. The molecule has 2 aliphatic heterocycles. The molecule has 0 fully saturated rings. The fourth-order valence-electron chi connectivity index (χ4n) is 4.73. The second-order valence-electron chi connectivity index (χ2n) is 7.62. The average Bonchev–Trinajstić information content (AvgIpc) is 3.03. The van der Waals surface area contributed by atoms with Gasteiger partial charge in [-0.1, -0.05) is 36.4 Å². The van der Waals surface area contributed by atoms with Crippen LogP contribution in [0.3, 0.4) is 0 Å². The van der Waals surface area contributed by atoms with E-state index in [2.05, 4.69) is 6.58 Å². The largest absolute Gasteiger partial charge is 0.462 e. The van der Waals surface area contributed by atoms with E-state index in [0.29, 0.717) is 16.6 Å². The molecule has 0 saturated carbocycles. The van der Waals surface area contributed by atoms with Crippen LogP contribution in [0.25, 0.3) is 11.0 Å². The second-order valence-corrected chi connectivity index (χ2v) is 7.62. The molecule has 5 rings (SSSR count). The van der Waals surface area contributed by atoms with Crippen LogP contribution >= 0.6 is 0 Å². The normalized spacial score (nSPS) is 18.8. The molecule has 1 atom stereocenters. The van der Waals surface area contributed by atoms with Crippen LogP contribution in [0.2, 0.25) is 0 Å². The van der Waals surface area contributed by atoms with Crippen molar-refractivity contribution in [3.8, 4) is 5.75 Å². The van der Waals surface area contributed by atoms with E-state index in [-0.39, 0.29) is 41.5 Å². The number of carbonyl (C=O) groups is 2. The van der Waals surface area contributed by atoms with Crippen LogP contribution in [-0.4, -0.2) is 25.0 Å². The van der Waals surface area contributed by atoms with Gasteiger partial charge in [0, 0.05) is 17.8 Å². The number of anilines is 1. The van der Waals surface area contributed by atoms with E-state index in [1.54, 1.807) is 61.5 Å². The summed E-state index contributed by atoms with van der Waals surface area (Å²) in [4.78, 5) is 42.3. The number of rotatable bonds is 4. The SMILES string of the molecule is C=CCN1C(=O)[C@]2(C(C(=O)OCC)=C(N)Oc3c2c(=O)oc2ccccc32)c2ccccc21. The average molecular weight is 444 g/mol. The predicted octanol–water partition coefficient (Wildman–Crippen LogP) is 2.74. The third kappa shape index (κ3) is 2.60. The number of nitrogens with two attached hydrogens (primary N) is 1. The molecule has 1 spiro atoms. The zero-order valence-electron chi connectivity index (χ0n) is 17.8. The third-order valence-electron chi connectivity index (χ3n) is 5.93. The summed E-state index contributed by atoms with van der Waals surface area (Å²) in [5.41, 5.74) is 4.44. The minimum absolute atomic E-state index is 0.0388. The summed E-state index contributed by atoms with van der Waals surface area (Å²) in [5.74, 6) is -1.62. The predicted molar refractivity (Wildman–Crippen MR) is 121 cm³/mol. The van der Waals surface area contributed by atoms with Crippen LogP contribution in [0.1, 0.15) is 18.1 Å². The minimum atomic E-state index is -1.89. The van der Waals surface area contributed by atoms with E-state index in [9.17, 15) is 14.4 Å². The van der Waals surface area contributed by atoms with Gasteiger partial charge in [0.15, 0.2) is 5.75 Å². The van der Waals surface area contributed by atoms with Crippen LogP contribution < -0.4 is 21.0 Å². The van der Waals surface area contributed by atoms with E-state index in [0.717, 1.165) is 0 Å². The standard InChI is InChI=1S/C25H20N2O6/c1-3-13-27-16-11-7-6-10-15(16)25(24(27)30)18-20(33-21(26)19(25)22(28)31-4-2)14-9-5-8-12-17(14)32-23(18)29/h3,5-12H,1,4,13,26H2,2H3/t25-/m1/s1. The number of nitrogens with zero attached hydrogens (tertiary/aromatic N) is 1. The molecule has 3 heterocycles. The lowest BCUT2D eigenvalue weighted by molar-refractivity contribution is -0.140. The number of para-hydroxylation sites is 2. The van der Waals surface area contributed by atoms with Gasteiger partial charge in [0.1, 0.15) is 22.1 Å². The van der Waals surface area contributed by atoms with Crippen molar-refractivity contribution < 1.29 is 23.5 Å². The number of fused-ring (bicyclic) bond motifs is 6. The molecule has 8 heteroatoms. The Balaban J connectivity index is 1.97. The van der Waals surface area contributed by atoms with Gasteiger partial charge in [-0.3, -0.25) is 4.79 Å². The maximum Gasteiger partial charge on any atom is 0.345 e. The van der Waals surface area contributed by atoms with Crippen LogP contribution in [-0.2, 0) is 19.7 Å². The summed E-state index contributed by atoms with van der Waals surface area (Å²) in [5, 5.41) is 0.449. The molecule has 0 unspecified atom stereocenters. The molecule has 33 heavy (non-hydrogen) atoms. The number of hydrogen-bond acceptors (Lipinski definition) is 7. The van der Waals surface area contributed by atoms with E-state index in [4.69, 9.17) is 19.6 Å². The van der Waals surface area contributed by atoms with Gasteiger partial charge in [0.25, 0.3) is 0 Å². The molecule has 166 valence electrons. The summed E-state index contributed by atoms with van der Waals surface area (Å²) < 4.78 is 16.7. The first-order valence-electron chi connectivity index (χ1n) is 10.4. The summed E-state index contributed by atoms with van der Waals surface area (Å²) >= 11 is 0. The van der Waals surface area contributed by atoms with Gasteiger partial charge < -0.3 is 24.5 Å². The van der Waals surface area contributed by atoms with Crippen molar-refractivity contribution in [2.24, 2.45) is 5.73 Å². The van der Waals surface area contributed by atoms with Crippen molar-refractivity contribution >= 4 is 28.5 Å². The lowest BCUT2D eigenvalue weighted by Gasteiger charge is -2.35. The molecule has 0 saturated heterocycles. The van der Waals surface area contributed by atoms with Gasteiger partial charge in [0.05, 0.1) is 12.0 Å². The van der Waals surface area contributed by atoms with Crippen molar-refractivity contribution in [2.45, 2.75) is 12.3 Å². The first kappa shape index (κ1) is 20.6. The fourth-order valence-corrected chi connectivity index (χ4v) is 4.73. The number of ether oxygens (including phenoxy) is 2. The van der Waals surface area contributed by atoms with Gasteiger partial charge in [-0.05, 0) is 25.1 Å². The molecular weight excluding hydrogens is 424 g/mol. The molecule has 8 nitrogen and oxygen atoms in total. The smallest absolute Gasteiger partial charge is 0.345 e. The van der Waals surface area contributed by atoms with Gasteiger partial charge in [-0.15, -0.1) is 6.58 Å². The fraction of sp³-hybridized carbons (Fsp3) is 0.160. The summed E-state index contributed by atoms with van der Waals surface area (Å²) in [7, 11) is 0. The molecule has 2 N–H and O–H groups in total. The quantitative estimate of drug-likeness (QED) is 0.374. The summed E-state index contributed by atoms with van der Waals surface area (Å²) in [6.45, 7) is 5.57. The lowest BCUT2D eigenvalue weighted by atomic mass is 9.68. The molecule has 2 aliphatic rings. The Morgan fingerprint density at radius 3 is 2.67 bits per heavy atom. The summed E-state index contributed by atoms with van der Waals surface area (Å²) in [6.07, 6.45) is 1.56. The topological polar surface area (TPSA) is 112 Å². The minimum Gasteiger partial charge on any atom is -0.462 e. The Kier molecular flexibility index (Phi) is 4.59. The van der Waals surface area contributed by atoms with Crippen molar-refractivity contribution in [1.82, 2.24) is 0 Å². The van der Waals surface area contributed by atoms with Gasteiger partial charge in [-0.2, -0.15) is 0 Å². The van der Waals surface area contributed by atoms with Crippen molar-refractivity contribution in [1.29, 1.82) is 0 Å². The molecule has 1 amide bonds. The number of amides is 1. The highest BCUT2D eigenvalue weighted by atomic mass is 16.5. The maximum absolute atomic E-state index is 14.2. The first-order valence-corrected chi connectivity index (χ1v) is 10.4. The Hall–Kier alpha value is -4.33. The van der Waals surface area contributed by atoms with E-state index in [1.165, 1.54) is 4.90 Å². The third-order valence-corrected chi connectivity index (χ3v) is 5.93. The molecule has 1 aromatic heterocycles. The number of carbonyl (C=O) groups excluding carboxylic acids is 2. The molecular formula is C25H20N2O6. The first-order chi connectivity index (χ1) is 16.0. The number of benzene rings is 2. The van der Waals surface area contributed by atoms with Crippen LogP contribution in [0.15, 0.2) is 81.9 Å². The van der Waals surface area contributed by atoms with E-state index < -0.39 is 22.9 Å². The van der Waals surface area contributed by atoms with Gasteiger partial charge in [0.2, 0.25) is 11.8 Å². The zero-order valence-corrected chi connectivity index (χ0v) is 17.8. The van der Waals surface area contributed by atoms with Gasteiger partial charge >= 0.3 is 11.6 Å². The Bertz CT molecular complexity index is 1440. The second kappa shape index (κ2) is 7.37. The molecule has 3 aromatic rings. The van der Waals surface area contributed by atoms with E-state index in [1.807, 2.05) is 0 Å². The Labute approximate surface area is 188 Å².